The van der Waals surface area contributed by atoms with Gasteiger partial charge in [-0.1, -0.05) is 43.2 Å². The van der Waals surface area contributed by atoms with E-state index < -0.39 is 0 Å². The van der Waals surface area contributed by atoms with Gasteiger partial charge in [-0.3, -0.25) is 0 Å². The highest BCUT2D eigenvalue weighted by atomic mass is 15.1. The zero-order chi connectivity index (χ0) is 11.8. The number of likely N-dealkylation sites (tertiary alicyclic amines) is 1. The predicted octanol–water partition coefficient (Wildman–Crippen LogP) is 3.89. The zero-order valence-electron chi connectivity index (χ0n) is 10.9. The van der Waals surface area contributed by atoms with Crippen molar-refractivity contribution in [3.63, 3.8) is 0 Å². The van der Waals surface area contributed by atoms with Crippen molar-refractivity contribution in [2.45, 2.75) is 44.9 Å². The molecular weight excluding hydrogens is 206 g/mol. The van der Waals surface area contributed by atoms with Crippen LogP contribution in [0.1, 0.15) is 44.1 Å². The molecule has 0 N–H and O–H groups in total. The van der Waals surface area contributed by atoms with E-state index in [4.69, 9.17) is 0 Å². The van der Waals surface area contributed by atoms with Crippen LogP contribution >= 0.6 is 0 Å². The van der Waals surface area contributed by atoms with E-state index in [0.29, 0.717) is 0 Å². The van der Waals surface area contributed by atoms with Crippen LogP contribution in [0.2, 0.25) is 0 Å². The molecule has 0 saturated carbocycles. The van der Waals surface area contributed by atoms with Gasteiger partial charge in [0, 0.05) is 0 Å². The van der Waals surface area contributed by atoms with Gasteiger partial charge in [0.1, 0.15) is 0 Å². The average Bonchev–Trinajstić information content (AvgIpc) is 2.65. The Kier molecular flexibility index (Phi) is 5.57. The first-order valence-electron chi connectivity index (χ1n) is 7.21. The number of rotatable bonds is 5. The first-order valence-corrected chi connectivity index (χ1v) is 7.21. The Balaban J connectivity index is 1.59. The maximum atomic E-state index is 2.66. The summed E-state index contributed by atoms with van der Waals surface area (Å²) in [6, 6.07) is 10.9. The van der Waals surface area contributed by atoms with Gasteiger partial charge in [-0.15, -0.1) is 0 Å². The van der Waals surface area contributed by atoms with Gasteiger partial charge < -0.3 is 4.90 Å². The maximum absolute atomic E-state index is 2.66. The molecule has 1 heteroatoms. The highest BCUT2D eigenvalue weighted by Gasteiger charge is 2.07. The first kappa shape index (κ1) is 12.6. The molecule has 0 atom stereocenters. The SMILES string of the molecule is c1ccc(CCCCN2CCCCCC2)cc1. The number of hydrogen-bond acceptors (Lipinski definition) is 1. The van der Waals surface area contributed by atoms with Crippen molar-refractivity contribution in [3.05, 3.63) is 35.9 Å². The van der Waals surface area contributed by atoms with Gasteiger partial charge in [0.25, 0.3) is 0 Å². The minimum absolute atomic E-state index is 1.24. The van der Waals surface area contributed by atoms with E-state index >= 15 is 0 Å². The lowest BCUT2D eigenvalue weighted by Gasteiger charge is -2.19. The Labute approximate surface area is 106 Å². The fourth-order valence-electron chi connectivity index (χ4n) is 2.67. The number of hydrogen-bond donors (Lipinski definition) is 0. The van der Waals surface area contributed by atoms with Gasteiger partial charge in [0.05, 0.1) is 0 Å². The number of nitrogens with zero attached hydrogens (tertiary/aromatic N) is 1. The van der Waals surface area contributed by atoms with Crippen LogP contribution in [0.3, 0.4) is 0 Å². The molecule has 1 fully saturated rings. The van der Waals surface area contributed by atoms with E-state index in [1.165, 1.54) is 70.1 Å². The van der Waals surface area contributed by atoms with Crippen LogP contribution in [0.4, 0.5) is 0 Å². The van der Waals surface area contributed by atoms with E-state index in [2.05, 4.69) is 35.2 Å². The minimum Gasteiger partial charge on any atom is -0.303 e. The lowest BCUT2D eigenvalue weighted by molar-refractivity contribution is 0.279. The standard InChI is InChI=1S/C16H25N/c1-2-8-14-17(13-7-1)15-9-6-12-16-10-4-3-5-11-16/h3-5,10-11H,1-2,6-9,12-15H2. The molecule has 0 amide bonds. The number of unbranched alkanes of at least 4 members (excludes halogenated alkanes) is 1. The second-order valence-corrected chi connectivity index (χ2v) is 5.20. The smallest absolute Gasteiger partial charge is 0.00186 e. The molecule has 1 aromatic carbocycles. The van der Waals surface area contributed by atoms with Crippen LogP contribution in [0.5, 0.6) is 0 Å². The lowest BCUT2D eigenvalue weighted by Crippen LogP contribution is -2.25. The Bertz CT molecular complexity index is 286. The molecule has 94 valence electrons. The summed E-state index contributed by atoms with van der Waals surface area (Å²) < 4.78 is 0. The molecule has 0 bridgehead atoms. The van der Waals surface area contributed by atoms with Crippen molar-refractivity contribution >= 4 is 0 Å². The summed E-state index contributed by atoms with van der Waals surface area (Å²) in [6.07, 6.45) is 9.66. The summed E-state index contributed by atoms with van der Waals surface area (Å²) in [6.45, 7) is 3.99. The van der Waals surface area contributed by atoms with Gasteiger partial charge >= 0.3 is 0 Å². The molecule has 0 spiro atoms. The maximum Gasteiger partial charge on any atom is -0.00186 e. The van der Waals surface area contributed by atoms with Crippen molar-refractivity contribution in [2.24, 2.45) is 0 Å². The summed E-state index contributed by atoms with van der Waals surface area (Å²) in [5.74, 6) is 0. The summed E-state index contributed by atoms with van der Waals surface area (Å²) in [4.78, 5) is 2.66. The van der Waals surface area contributed by atoms with E-state index in [-0.39, 0.29) is 0 Å². The Morgan fingerprint density at radius 3 is 2.24 bits per heavy atom. The third kappa shape index (κ3) is 4.91. The van der Waals surface area contributed by atoms with Crippen molar-refractivity contribution in [1.82, 2.24) is 4.90 Å². The van der Waals surface area contributed by atoms with Gasteiger partial charge in [-0.05, 0) is 57.3 Å². The number of aryl methyl sites for hydroxylation is 1. The average molecular weight is 231 g/mol. The summed E-state index contributed by atoms with van der Waals surface area (Å²) >= 11 is 0. The number of benzene rings is 1. The molecule has 1 saturated heterocycles. The summed E-state index contributed by atoms with van der Waals surface area (Å²) in [5.41, 5.74) is 1.49. The van der Waals surface area contributed by atoms with Crippen LogP contribution < -0.4 is 0 Å². The minimum atomic E-state index is 1.24. The van der Waals surface area contributed by atoms with Crippen molar-refractivity contribution in [1.29, 1.82) is 0 Å². The van der Waals surface area contributed by atoms with Crippen LogP contribution in [-0.4, -0.2) is 24.5 Å². The van der Waals surface area contributed by atoms with E-state index in [9.17, 15) is 0 Å². The zero-order valence-corrected chi connectivity index (χ0v) is 10.9. The molecule has 1 aliphatic heterocycles. The Hall–Kier alpha value is -0.820. The van der Waals surface area contributed by atoms with Crippen molar-refractivity contribution in [2.75, 3.05) is 19.6 Å². The molecule has 1 aliphatic rings. The predicted molar refractivity (Wildman–Crippen MR) is 74.3 cm³/mol. The first-order chi connectivity index (χ1) is 8.45. The quantitative estimate of drug-likeness (QED) is 0.695. The third-order valence-electron chi connectivity index (χ3n) is 3.73. The topological polar surface area (TPSA) is 3.24 Å². The van der Waals surface area contributed by atoms with Crippen molar-refractivity contribution in [3.8, 4) is 0 Å². The molecule has 0 aliphatic carbocycles. The second kappa shape index (κ2) is 7.50. The van der Waals surface area contributed by atoms with Gasteiger partial charge in [0.2, 0.25) is 0 Å². The van der Waals surface area contributed by atoms with Gasteiger partial charge in [-0.2, -0.15) is 0 Å². The van der Waals surface area contributed by atoms with Crippen LogP contribution in [-0.2, 0) is 6.42 Å². The van der Waals surface area contributed by atoms with Crippen LogP contribution in [0.25, 0.3) is 0 Å². The molecule has 2 rings (SSSR count). The lowest BCUT2D eigenvalue weighted by atomic mass is 10.1. The van der Waals surface area contributed by atoms with Crippen molar-refractivity contribution < 1.29 is 0 Å². The largest absolute Gasteiger partial charge is 0.303 e. The van der Waals surface area contributed by atoms with E-state index in [1.54, 1.807) is 0 Å². The van der Waals surface area contributed by atoms with Crippen LogP contribution in [0.15, 0.2) is 30.3 Å². The van der Waals surface area contributed by atoms with Gasteiger partial charge in [0.15, 0.2) is 0 Å². The van der Waals surface area contributed by atoms with E-state index in [0.717, 1.165) is 0 Å². The highest BCUT2D eigenvalue weighted by Crippen LogP contribution is 2.11. The second-order valence-electron chi connectivity index (χ2n) is 5.20. The third-order valence-corrected chi connectivity index (χ3v) is 3.73. The van der Waals surface area contributed by atoms with Gasteiger partial charge in [-0.25, -0.2) is 0 Å². The molecule has 0 radical (unpaired) electrons. The fourth-order valence-corrected chi connectivity index (χ4v) is 2.67. The van der Waals surface area contributed by atoms with E-state index in [1.807, 2.05) is 0 Å². The highest BCUT2D eigenvalue weighted by molar-refractivity contribution is 5.14. The molecule has 0 unspecified atom stereocenters. The normalized spacial score (nSPS) is 17.9. The van der Waals surface area contributed by atoms with Crippen LogP contribution in [0, 0.1) is 0 Å². The molecule has 17 heavy (non-hydrogen) atoms. The molecule has 1 heterocycles. The Morgan fingerprint density at radius 2 is 1.53 bits per heavy atom. The molecular formula is C16H25N. The summed E-state index contributed by atoms with van der Waals surface area (Å²) in [5, 5.41) is 0. The molecule has 1 aromatic rings. The Morgan fingerprint density at radius 1 is 0.824 bits per heavy atom. The molecule has 0 aromatic heterocycles. The monoisotopic (exact) mass is 231 g/mol. The molecule has 1 nitrogen and oxygen atoms in total. The fraction of sp³-hybridized carbons (Fsp3) is 0.625. The summed E-state index contributed by atoms with van der Waals surface area (Å²) in [7, 11) is 0.